The van der Waals surface area contributed by atoms with Crippen LogP contribution in [0.15, 0.2) is 83.8 Å². The van der Waals surface area contributed by atoms with Crippen LogP contribution >= 0.6 is 0 Å². The topological polar surface area (TPSA) is 49.4 Å². The predicted octanol–water partition coefficient (Wildman–Crippen LogP) is 3.89. The zero-order valence-electron chi connectivity index (χ0n) is 15.6. The van der Waals surface area contributed by atoms with E-state index in [-0.39, 0.29) is 11.4 Å². The summed E-state index contributed by atoms with van der Waals surface area (Å²) in [5.41, 5.74) is 4.29. The third-order valence-corrected chi connectivity index (χ3v) is 5.70. The monoisotopic (exact) mass is 380 g/mol. The molecule has 0 aromatic heterocycles. The van der Waals surface area contributed by atoms with Crippen molar-refractivity contribution in [2.24, 2.45) is 0 Å². The van der Waals surface area contributed by atoms with Gasteiger partial charge in [0.15, 0.2) is 0 Å². The van der Waals surface area contributed by atoms with Gasteiger partial charge in [0.25, 0.3) is 0 Å². The Morgan fingerprint density at radius 1 is 0.815 bits per heavy atom. The SMILES string of the molecule is CN(C)Cc1ccc(-c2ccccc2CNS(=O)(=O)c2ccccc2)cc1. The number of nitrogens with zero attached hydrogens (tertiary/aromatic N) is 1. The average molecular weight is 381 g/mol. The lowest BCUT2D eigenvalue weighted by molar-refractivity contribution is 0.402. The van der Waals surface area contributed by atoms with Crippen molar-refractivity contribution in [3.05, 3.63) is 90.0 Å². The van der Waals surface area contributed by atoms with Gasteiger partial charge < -0.3 is 4.90 Å². The zero-order valence-corrected chi connectivity index (χ0v) is 16.4. The first-order valence-corrected chi connectivity index (χ1v) is 10.3. The van der Waals surface area contributed by atoms with Crippen LogP contribution in [0.25, 0.3) is 11.1 Å². The molecular formula is C22H24N2O2S. The van der Waals surface area contributed by atoms with Crippen LogP contribution in [0.2, 0.25) is 0 Å². The number of benzene rings is 3. The molecule has 5 heteroatoms. The Balaban J connectivity index is 1.80. The molecule has 3 rings (SSSR count). The molecule has 0 spiro atoms. The maximum atomic E-state index is 12.5. The lowest BCUT2D eigenvalue weighted by Gasteiger charge is -2.13. The molecule has 0 bridgehead atoms. The fraction of sp³-hybridized carbons (Fsp3) is 0.182. The summed E-state index contributed by atoms with van der Waals surface area (Å²) in [6.45, 7) is 1.13. The largest absolute Gasteiger partial charge is 0.305 e. The van der Waals surface area contributed by atoms with E-state index in [0.29, 0.717) is 0 Å². The van der Waals surface area contributed by atoms with Gasteiger partial charge in [-0.15, -0.1) is 0 Å². The number of hydrogen-bond donors (Lipinski definition) is 1. The molecule has 3 aromatic carbocycles. The number of nitrogens with one attached hydrogen (secondary N) is 1. The fourth-order valence-corrected chi connectivity index (χ4v) is 3.99. The van der Waals surface area contributed by atoms with Crippen molar-refractivity contribution in [3.8, 4) is 11.1 Å². The maximum absolute atomic E-state index is 12.5. The van der Waals surface area contributed by atoms with Crippen molar-refractivity contribution in [1.82, 2.24) is 9.62 Å². The standard InChI is InChI=1S/C22H24N2O2S/c1-24(2)17-18-12-14-19(15-13-18)22-11-7-6-8-20(22)16-23-27(25,26)21-9-4-3-5-10-21/h3-15,23H,16-17H2,1-2H3. The maximum Gasteiger partial charge on any atom is 0.240 e. The molecule has 0 aliphatic carbocycles. The van der Waals surface area contributed by atoms with Crippen LogP contribution in [0, 0.1) is 0 Å². The summed E-state index contributed by atoms with van der Waals surface area (Å²) in [7, 11) is 0.554. The van der Waals surface area contributed by atoms with E-state index >= 15 is 0 Å². The Bertz CT molecular complexity index is 982. The van der Waals surface area contributed by atoms with Crippen molar-refractivity contribution in [1.29, 1.82) is 0 Å². The van der Waals surface area contributed by atoms with Crippen LogP contribution < -0.4 is 4.72 Å². The second-order valence-electron chi connectivity index (χ2n) is 6.73. The van der Waals surface area contributed by atoms with Gasteiger partial charge in [0.05, 0.1) is 4.90 Å². The Morgan fingerprint density at radius 2 is 1.44 bits per heavy atom. The first-order valence-electron chi connectivity index (χ1n) is 8.82. The second kappa shape index (κ2) is 8.48. The lowest BCUT2D eigenvalue weighted by Crippen LogP contribution is -2.23. The van der Waals surface area contributed by atoms with Crippen LogP contribution in [-0.2, 0) is 23.1 Å². The van der Waals surface area contributed by atoms with E-state index in [4.69, 9.17) is 0 Å². The smallest absolute Gasteiger partial charge is 0.240 e. The summed E-state index contributed by atoms with van der Waals surface area (Å²) in [4.78, 5) is 2.40. The highest BCUT2D eigenvalue weighted by molar-refractivity contribution is 7.89. The van der Waals surface area contributed by atoms with E-state index in [9.17, 15) is 8.42 Å². The van der Waals surface area contributed by atoms with Crippen molar-refractivity contribution < 1.29 is 8.42 Å². The van der Waals surface area contributed by atoms with Gasteiger partial charge in [0.2, 0.25) is 10.0 Å². The minimum atomic E-state index is -3.53. The van der Waals surface area contributed by atoms with Gasteiger partial charge in [0, 0.05) is 13.1 Å². The molecule has 0 aliphatic heterocycles. The molecule has 0 radical (unpaired) electrons. The Hall–Kier alpha value is -2.47. The minimum absolute atomic E-state index is 0.243. The van der Waals surface area contributed by atoms with Gasteiger partial charge in [-0.3, -0.25) is 0 Å². The second-order valence-corrected chi connectivity index (χ2v) is 8.50. The number of hydrogen-bond acceptors (Lipinski definition) is 3. The summed E-state index contributed by atoms with van der Waals surface area (Å²) in [5, 5.41) is 0. The molecule has 0 fully saturated rings. The van der Waals surface area contributed by atoms with E-state index in [1.54, 1.807) is 30.3 Å². The molecule has 1 N–H and O–H groups in total. The summed E-state index contributed by atoms with van der Waals surface area (Å²) in [5.74, 6) is 0. The normalized spacial score (nSPS) is 11.7. The molecule has 0 amide bonds. The van der Waals surface area contributed by atoms with Crippen LogP contribution in [0.4, 0.5) is 0 Å². The molecule has 4 nitrogen and oxygen atoms in total. The molecule has 3 aromatic rings. The molecule has 0 aliphatic rings. The molecule has 140 valence electrons. The van der Waals surface area contributed by atoms with Crippen LogP contribution in [0.5, 0.6) is 0 Å². The Kier molecular flexibility index (Phi) is 6.06. The fourth-order valence-electron chi connectivity index (χ4n) is 2.97. The van der Waals surface area contributed by atoms with E-state index in [0.717, 1.165) is 23.2 Å². The Morgan fingerprint density at radius 3 is 2.11 bits per heavy atom. The van der Waals surface area contributed by atoms with Gasteiger partial charge in [0.1, 0.15) is 0 Å². The third kappa shape index (κ3) is 5.04. The average Bonchev–Trinajstić information content (AvgIpc) is 2.68. The van der Waals surface area contributed by atoms with Crippen LogP contribution in [0.3, 0.4) is 0 Å². The number of rotatable bonds is 7. The summed E-state index contributed by atoms with van der Waals surface area (Å²) in [6, 6.07) is 24.7. The van der Waals surface area contributed by atoms with Crippen LogP contribution in [0.1, 0.15) is 11.1 Å². The highest BCUT2D eigenvalue weighted by atomic mass is 32.2. The van der Waals surface area contributed by atoms with Gasteiger partial charge in [-0.2, -0.15) is 0 Å². The lowest BCUT2D eigenvalue weighted by atomic mass is 9.99. The Labute approximate surface area is 161 Å². The molecule has 0 saturated heterocycles. The molecule has 0 atom stereocenters. The highest BCUT2D eigenvalue weighted by Gasteiger charge is 2.14. The van der Waals surface area contributed by atoms with Gasteiger partial charge >= 0.3 is 0 Å². The van der Waals surface area contributed by atoms with Gasteiger partial charge in [-0.25, -0.2) is 13.1 Å². The first-order chi connectivity index (χ1) is 13.0. The third-order valence-electron chi connectivity index (χ3n) is 4.29. The molecule has 0 heterocycles. The highest BCUT2D eigenvalue weighted by Crippen LogP contribution is 2.24. The molecule has 27 heavy (non-hydrogen) atoms. The summed E-state index contributed by atoms with van der Waals surface area (Å²) >= 11 is 0. The van der Waals surface area contributed by atoms with Crippen molar-refractivity contribution in [2.45, 2.75) is 18.0 Å². The number of sulfonamides is 1. The predicted molar refractivity (Wildman–Crippen MR) is 110 cm³/mol. The molecule has 0 unspecified atom stereocenters. The minimum Gasteiger partial charge on any atom is -0.305 e. The van der Waals surface area contributed by atoms with Crippen molar-refractivity contribution >= 4 is 10.0 Å². The van der Waals surface area contributed by atoms with E-state index in [1.807, 2.05) is 38.4 Å². The molecular weight excluding hydrogens is 356 g/mol. The van der Waals surface area contributed by atoms with Crippen LogP contribution in [-0.4, -0.2) is 27.4 Å². The molecule has 0 saturated carbocycles. The van der Waals surface area contributed by atoms with E-state index < -0.39 is 10.0 Å². The summed E-state index contributed by atoms with van der Waals surface area (Å²) < 4.78 is 27.7. The summed E-state index contributed by atoms with van der Waals surface area (Å²) in [6.07, 6.45) is 0. The van der Waals surface area contributed by atoms with Crippen molar-refractivity contribution in [3.63, 3.8) is 0 Å². The van der Waals surface area contributed by atoms with Crippen molar-refractivity contribution in [2.75, 3.05) is 14.1 Å². The van der Waals surface area contributed by atoms with E-state index in [1.165, 1.54) is 5.56 Å². The van der Waals surface area contributed by atoms with Gasteiger partial charge in [-0.05, 0) is 48.5 Å². The zero-order chi connectivity index (χ0) is 19.3. The van der Waals surface area contributed by atoms with Gasteiger partial charge in [-0.1, -0.05) is 66.7 Å². The quantitative estimate of drug-likeness (QED) is 0.676. The first kappa shape index (κ1) is 19.3. The van der Waals surface area contributed by atoms with E-state index in [2.05, 4.69) is 33.9 Å².